The van der Waals surface area contributed by atoms with Gasteiger partial charge in [0.05, 0.1) is 12.7 Å². The molecule has 1 N–H and O–H groups in total. The molecule has 19 heavy (non-hydrogen) atoms. The first-order chi connectivity index (χ1) is 9.03. The zero-order valence-electron chi connectivity index (χ0n) is 11.9. The third-order valence-electron chi connectivity index (χ3n) is 4.41. The predicted octanol–water partition coefficient (Wildman–Crippen LogP) is 1.71. The minimum absolute atomic E-state index is 0.0645. The standard InChI is InChI=1S/C14H25NO4/c1-3-15-8-6-11(7-9-15)14(2)18-10-12(19-14)4-5-13(16)17/h11-12H,3-10H2,1-2H3,(H,16,17). The number of hydrogen-bond donors (Lipinski definition) is 1. The zero-order valence-corrected chi connectivity index (χ0v) is 11.9. The fourth-order valence-electron chi connectivity index (χ4n) is 3.07. The van der Waals surface area contributed by atoms with Crippen molar-refractivity contribution < 1.29 is 19.4 Å². The zero-order chi connectivity index (χ0) is 13.9. The van der Waals surface area contributed by atoms with Gasteiger partial charge in [-0.05, 0) is 45.8 Å². The first-order valence-corrected chi connectivity index (χ1v) is 7.29. The summed E-state index contributed by atoms with van der Waals surface area (Å²) in [7, 11) is 0. The Morgan fingerprint density at radius 2 is 2.11 bits per heavy atom. The SMILES string of the molecule is CCN1CCC(C2(C)OCC(CCC(=O)O)O2)CC1. The van der Waals surface area contributed by atoms with Gasteiger partial charge in [-0.1, -0.05) is 6.92 Å². The van der Waals surface area contributed by atoms with Crippen LogP contribution >= 0.6 is 0 Å². The Bertz CT molecular complexity index is 315. The molecule has 0 aromatic heterocycles. The van der Waals surface area contributed by atoms with Crippen molar-refractivity contribution in [1.29, 1.82) is 0 Å². The predicted molar refractivity (Wildman–Crippen MR) is 70.9 cm³/mol. The molecule has 0 radical (unpaired) electrons. The van der Waals surface area contributed by atoms with Crippen LogP contribution in [0.5, 0.6) is 0 Å². The maximum Gasteiger partial charge on any atom is 0.303 e. The lowest BCUT2D eigenvalue weighted by atomic mass is 9.89. The molecule has 2 aliphatic heterocycles. The van der Waals surface area contributed by atoms with E-state index in [1.165, 1.54) is 0 Å². The first-order valence-electron chi connectivity index (χ1n) is 7.29. The summed E-state index contributed by atoms with van der Waals surface area (Å²) in [6.07, 6.45) is 2.81. The number of carboxylic acid groups (broad SMARTS) is 1. The van der Waals surface area contributed by atoms with Crippen molar-refractivity contribution in [3.05, 3.63) is 0 Å². The van der Waals surface area contributed by atoms with Gasteiger partial charge in [0.25, 0.3) is 0 Å². The van der Waals surface area contributed by atoms with Gasteiger partial charge in [-0.2, -0.15) is 0 Å². The Labute approximate surface area is 114 Å². The molecule has 0 aromatic rings. The van der Waals surface area contributed by atoms with Gasteiger partial charge >= 0.3 is 5.97 Å². The third-order valence-corrected chi connectivity index (χ3v) is 4.41. The van der Waals surface area contributed by atoms with Gasteiger partial charge in [0.15, 0.2) is 5.79 Å². The first kappa shape index (κ1) is 14.8. The van der Waals surface area contributed by atoms with E-state index in [0.29, 0.717) is 18.9 Å². The highest BCUT2D eigenvalue weighted by Crippen LogP contribution is 2.37. The van der Waals surface area contributed by atoms with Crippen molar-refractivity contribution in [2.24, 2.45) is 5.92 Å². The lowest BCUT2D eigenvalue weighted by molar-refractivity contribution is -0.200. The Kier molecular flexibility index (Phi) is 4.81. The van der Waals surface area contributed by atoms with Gasteiger partial charge < -0.3 is 19.5 Å². The van der Waals surface area contributed by atoms with Crippen LogP contribution in [0.3, 0.4) is 0 Å². The number of hydrogen-bond acceptors (Lipinski definition) is 4. The molecule has 0 saturated carbocycles. The van der Waals surface area contributed by atoms with Crippen molar-refractivity contribution in [3.63, 3.8) is 0 Å². The van der Waals surface area contributed by atoms with Crippen LogP contribution in [0.4, 0.5) is 0 Å². The molecule has 0 spiro atoms. The number of ether oxygens (including phenoxy) is 2. The second kappa shape index (κ2) is 6.20. The summed E-state index contributed by atoms with van der Waals surface area (Å²) in [5.41, 5.74) is 0. The molecule has 0 aliphatic carbocycles. The number of aliphatic carboxylic acids is 1. The number of carboxylic acids is 1. The summed E-state index contributed by atoms with van der Waals surface area (Å²) in [6.45, 7) is 8.03. The van der Waals surface area contributed by atoms with Gasteiger partial charge in [-0.25, -0.2) is 0 Å². The van der Waals surface area contributed by atoms with Crippen LogP contribution in [0.2, 0.25) is 0 Å². The lowest BCUT2D eigenvalue weighted by Crippen LogP contribution is -2.44. The molecule has 2 unspecified atom stereocenters. The van der Waals surface area contributed by atoms with Gasteiger partial charge in [0.1, 0.15) is 0 Å². The van der Waals surface area contributed by atoms with E-state index < -0.39 is 11.8 Å². The fourth-order valence-corrected chi connectivity index (χ4v) is 3.07. The molecule has 5 nitrogen and oxygen atoms in total. The molecule has 0 bridgehead atoms. The molecule has 2 heterocycles. The Balaban J connectivity index is 1.82. The molecule has 0 amide bonds. The molecule has 2 aliphatic rings. The monoisotopic (exact) mass is 271 g/mol. The molecule has 2 fully saturated rings. The van der Waals surface area contributed by atoms with E-state index in [0.717, 1.165) is 32.5 Å². The second-order valence-corrected chi connectivity index (χ2v) is 5.71. The van der Waals surface area contributed by atoms with Crippen molar-refractivity contribution in [3.8, 4) is 0 Å². The lowest BCUT2D eigenvalue weighted by Gasteiger charge is -2.39. The highest BCUT2D eigenvalue weighted by molar-refractivity contribution is 5.66. The summed E-state index contributed by atoms with van der Waals surface area (Å²) in [5.74, 6) is -0.859. The number of piperidine rings is 1. The molecular weight excluding hydrogens is 246 g/mol. The maximum absolute atomic E-state index is 10.6. The van der Waals surface area contributed by atoms with Crippen molar-refractivity contribution in [2.75, 3.05) is 26.2 Å². The van der Waals surface area contributed by atoms with Crippen LogP contribution in [0.25, 0.3) is 0 Å². The van der Waals surface area contributed by atoms with Gasteiger partial charge in [0.2, 0.25) is 0 Å². The van der Waals surface area contributed by atoms with Gasteiger partial charge in [-0.3, -0.25) is 4.79 Å². The van der Waals surface area contributed by atoms with Crippen LogP contribution in [0.15, 0.2) is 0 Å². The van der Waals surface area contributed by atoms with Crippen molar-refractivity contribution >= 4 is 5.97 Å². The molecule has 2 rings (SSSR count). The quantitative estimate of drug-likeness (QED) is 0.825. The minimum Gasteiger partial charge on any atom is -0.481 e. The summed E-state index contributed by atoms with van der Waals surface area (Å²) in [6, 6.07) is 0. The highest BCUT2D eigenvalue weighted by atomic mass is 16.7. The molecule has 0 aromatic carbocycles. The Hall–Kier alpha value is -0.650. The summed E-state index contributed by atoms with van der Waals surface area (Å²) in [5, 5.41) is 8.71. The largest absolute Gasteiger partial charge is 0.481 e. The molecule has 5 heteroatoms. The van der Waals surface area contributed by atoms with Crippen LogP contribution in [0.1, 0.15) is 39.5 Å². The number of rotatable bonds is 5. The normalized spacial score (nSPS) is 33.7. The second-order valence-electron chi connectivity index (χ2n) is 5.71. The number of carbonyl (C=O) groups is 1. The smallest absolute Gasteiger partial charge is 0.303 e. The van der Waals surface area contributed by atoms with Gasteiger partial charge in [-0.15, -0.1) is 0 Å². The molecule has 2 saturated heterocycles. The van der Waals surface area contributed by atoms with Crippen LogP contribution in [-0.4, -0.2) is 54.1 Å². The Morgan fingerprint density at radius 3 is 2.68 bits per heavy atom. The van der Waals surface area contributed by atoms with E-state index in [4.69, 9.17) is 14.6 Å². The van der Waals surface area contributed by atoms with Crippen molar-refractivity contribution in [2.45, 2.75) is 51.4 Å². The Morgan fingerprint density at radius 1 is 1.42 bits per heavy atom. The van der Waals surface area contributed by atoms with Crippen LogP contribution in [-0.2, 0) is 14.3 Å². The number of likely N-dealkylation sites (tertiary alicyclic amines) is 1. The maximum atomic E-state index is 10.6. The van der Waals surface area contributed by atoms with Crippen LogP contribution < -0.4 is 0 Å². The minimum atomic E-state index is -0.770. The summed E-state index contributed by atoms with van der Waals surface area (Å²) < 4.78 is 11.9. The third kappa shape index (κ3) is 3.68. The van der Waals surface area contributed by atoms with E-state index in [1.54, 1.807) is 0 Å². The summed E-state index contributed by atoms with van der Waals surface area (Å²) in [4.78, 5) is 13.0. The van der Waals surface area contributed by atoms with E-state index in [2.05, 4.69) is 11.8 Å². The average molecular weight is 271 g/mol. The van der Waals surface area contributed by atoms with Crippen molar-refractivity contribution in [1.82, 2.24) is 4.90 Å². The number of nitrogens with zero attached hydrogens (tertiary/aromatic N) is 1. The molecule has 2 atom stereocenters. The molecular formula is C14H25NO4. The molecule has 110 valence electrons. The fraction of sp³-hybridized carbons (Fsp3) is 0.929. The average Bonchev–Trinajstić information content (AvgIpc) is 2.80. The van der Waals surface area contributed by atoms with E-state index >= 15 is 0 Å². The van der Waals surface area contributed by atoms with E-state index in [9.17, 15) is 4.79 Å². The van der Waals surface area contributed by atoms with E-state index in [1.807, 2.05) is 6.92 Å². The van der Waals surface area contributed by atoms with Gasteiger partial charge in [0, 0.05) is 12.3 Å². The van der Waals surface area contributed by atoms with Crippen LogP contribution in [0, 0.1) is 5.92 Å². The highest BCUT2D eigenvalue weighted by Gasteiger charge is 2.44. The topological polar surface area (TPSA) is 59.0 Å². The van der Waals surface area contributed by atoms with E-state index in [-0.39, 0.29) is 12.5 Å². The summed E-state index contributed by atoms with van der Waals surface area (Å²) >= 11 is 0.